The van der Waals surface area contributed by atoms with Gasteiger partial charge in [-0.05, 0) is 30.1 Å². The van der Waals surface area contributed by atoms with Crippen molar-refractivity contribution in [2.45, 2.75) is 39.2 Å². The smallest absolute Gasteiger partial charge is 0.140 e. The van der Waals surface area contributed by atoms with Gasteiger partial charge in [0, 0.05) is 0 Å². The molecule has 0 aliphatic rings. The maximum absolute atomic E-state index is 6.14. The average Bonchev–Trinajstić information content (AvgIpc) is 2.18. The number of benzene rings is 1. The lowest BCUT2D eigenvalue weighted by molar-refractivity contribution is 0.717. The van der Waals surface area contributed by atoms with Crippen LogP contribution in [0.2, 0.25) is 6.55 Å². The SMILES string of the molecule is CCCCCc1ccc([Si](C)(Cl)Cl)cc1. The third-order valence-corrected chi connectivity index (χ3v) is 5.19. The summed E-state index contributed by atoms with van der Waals surface area (Å²) < 4.78 is 0. The van der Waals surface area contributed by atoms with Crippen molar-refractivity contribution in [1.82, 2.24) is 0 Å². The lowest BCUT2D eigenvalue weighted by Gasteiger charge is -2.11. The average molecular weight is 261 g/mol. The van der Waals surface area contributed by atoms with Crippen LogP contribution in [0.15, 0.2) is 24.3 Å². The molecule has 3 heteroatoms. The van der Waals surface area contributed by atoms with Crippen LogP contribution >= 0.6 is 22.2 Å². The molecule has 0 nitrogen and oxygen atoms in total. The topological polar surface area (TPSA) is 0 Å². The van der Waals surface area contributed by atoms with E-state index < -0.39 is 6.69 Å². The van der Waals surface area contributed by atoms with E-state index >= 15 is 0 Å². The van der Waals surface area contributed by atoms with E-state index in [1.165, 1.54) is 24.8 Å². The minimum atomic E-state index is -2.15. The predicted molar refractivity (Wildman–Crippen MR) is 72.6 cm³/mol. The van der Waals surface area contributed by atoms with E-state index in [4.69, 9.17) is 22.2 Å². The van der Waals surface area contributed by atoms with E-state index in [0.29, 0.717) is 0 Å². The zero-order chi connectivity index (χ0) is 11.3. The highest BCUT2D eigenvalue weighted by atomic mass is 35.7. The number of rotatable bonds is 5. The highest BCUT2D eigenvalue weighted by molar-refractivity contribution is 7.50. The molecule has 0 fully saturated rings. The lowest BCUT2D eigenvalue weighted by Crippen LogP contribution is -2.32. The van der Waals surface area contributed by atoms with Crippen LogP contribution in [0, 0.1) is 0 Å². The summed E-state index contributed by atoms with van der Waals surface area (Å²) in [4.78, 5) is 0. The number of hydrogen-bond acceptors (Lipinski definition) is 0. The van der Waals surface area contributed by atoms with Gasteiger partial charge in [0.2, 0.25) is 0 Å². The molecule has 0 aliphatic heterocycles. The fourth-order valence-corrected chi connectivity index (χ4v) is 3.05. The van der Waals surface area contributed by atoms with Crippen molar-refractivity contribution < 1.29 is 0 Å². The predicted octanol–water partition coefficient (Wildman–Crippen LogP) is 4.18. The van der Waals surface area contributed by atoms with Gasteiger partial charge < -0.3 is 0 Å². The van der Waals surface area contributed by atoms with Crippen LogP contribution in [0.25, 0.3) is 0 Å². The fourth-order valence-electron chi connectivity index (χ4n) is 1.54. The van der Waals surface area contributed by atoms with Gasteiger partial charge in [0.05, 0.1) is 0 Å². The van der Waals surface area contributed by atoms with E-state index in [1.807, 2.05) is 6.55 Å². The van der Waals surface area contributed by atoms with Gasteiger partial charge in [-0.2, -0.15) is 0 Å². The zero-order valence-corrected chi connectivity index (χ0v) is 11.9. The Labute approximate surface area is 103 Å². The van der Waals surface area contributed by atoms with Crippen LogP contribution in [0.1, 0.15) is 31.7 Å². The molecule has 84 valence electrons. The Bertz CT molecular complexity index is 287. The molecule has 1 rings (SSSR count). The minimum absolute atomic E-state index is 1.10. The molecular formula is C12H18Cl2Si. The number of aryl methyl sites for hydroxylation is 1. The Morgan fingerprint density at radius 2 is 1.67 bits per heavy atom. The van der Waals surface area contributed by atoms with E-state index in [2.05, 4.69) is 31.2 Å². The third kappa shape index (κ3) is 4.58. The van der Waals surface area contributed by atoms with Gasteiger partial charge in [-0.15, -0.1) is 22.2 Å². The van der Waals surface area contributed by atoms with Crippen molar-refractivity contribution in [3.63, 3.8) is 0 Å². The molecule has 0 N–H and O–H groups in total. The lowest BCUT2D eigenvalue weighted by atomic mass is 10.1. The summed E-state index contributed by atoms with van der Waals surface area (Å²) in [5.41, 5.74) is 1.39. The van der Waals surface area contributed by atoms with Crippen LogP contribution in [0.4, 0.5) is 0 Å². The van der Waals surface area contributed by atoms with Crippen LogP contribution in [-0.2, 0) is 6.42 Å². The van der Waals surface area contributed by atoms with Crippen molar-refractivity contribution in [2.75, 3.05) is 0 Å². The van der Waals surface area contributed by atoms with Gasteiger partial charge in [-0.1, -0.05) is 44.0 Å². The summed E-state index contributed by atoms with van der Waals surface area (Å²) >= 11 is 12.3. The Hall–Kier alpha value is 0.0169. The first-order valence-corrected chi connectivity index (χ1v) is 10.0. The maximum atomic E-state index is 6.14. The van der Waals surface area contributed by atoms with E-state index in [9.17, 15) is 0 Å². The van der Waals surface area contributed by atoms with Gasteiger partial charge in [0.15, 0.2) is 0 Å². The molecule has 0 spiro atoms. The second-order valence-electron chi connectivity index (χ2n) is 4.04. The largest absolute Gasteiger partial charge is 0.277 e. The standard InChI is InChI=1S/C12H18Cl2Si/c1-3-4-5-6-11-7-9-12(10-8-11)15(2,13)14/h7-10H,3-6H2,1-2H3. The summed E-state index contributed by atoms with van der Waals surface area (Å²) in [6.45, 7) is 2.01. The fraction of sp³-hybridized carbons (Fsp3) is 0.500. The van der Waals surface area contributed by atoms with Crippen molar-refractivity contribution in [2.24, 2.45) is 0 Å². The maximum Gasteiger partial charge on any atom is 0.277 e. The van der Waals surface area contributed by atoms with E-state index in [0.717, 1.165) is 11.6 Å². The Morgan fingerprint density at radius 1 is 1.07 bits per heavy atom. The molecule has 0 atom stereocenters. The molecule has 0 saturated heterocycles. The Balaban J connectivity index is 2.57. The second kappa shape index (κ2) is 5.93. The quantitative estimate of drug-likeness (QED) is 0.424. The highest BCUT2D eigenvalue weighted by Gasteiger charge is 2.23. The number of hydrogen-bond donors (Lipinski definition) is 0. The van der Waals surface area contributed by atoms with Crippen LogP contribution in [-0.4, -0.2) is 6.69 Å². The van der Waals surface area contributed by atoms with Gasteiger partial charge in [0.1, 0.15) is 0 Å². The molecule has 0 saturated carbocycles. The second-order valence-corrected chi connectivity index (χ2v) is 11.5. The molecule has 0 radical (unpaired) electrons. The first kappa shape index (κ1) is 13.1. The van der Waals surface area contributed by atoms with Gasteiger partial charge in [0.25, 0.3) is 6.69 Å². The molecular weight excluding hydrogens is 243 g/mol. The Kier molecular flexibility index (Phi) is 5.17. The summed E-state index contributed by atoms with van der Waals surface area (Å²) in [5, 5.41) is 1.10. The highest BCUT2D eigenvalue weighted by Crippen LogP contribution is 2.15. The van der Waals surface area contributed by atoms with Crippen LogP contribution < -0.4 is 5.19 Å². The molecule has 1 aromatic rings. The van der Waals surface area contributed by atoms with Crippen molar-refractivity contribution >= 4 is 34.0 Å². The monoisotopic (exact) mass is 260 g/mol. The molecule has 1 aromatic carbocycles. The summed E-state index contributed by atoms with van der Waals surface area (Å²) in [6.07, 6.45) is 5.01. The first-order chi connectivity index (χ1) is 7.04. The molecule has 0 amide bonds. The van der Waals surface area contributed by atoms with Crippen LogP contribution in [0.3, 0.4) is 0 Å². The molecule has 0 heterocycles. The van der Waals surface area contributed by atoms with Crippen molar-refractivity contribution in [3.8, 4) is 0 Å². The zero-order valence-electron chi connectivity index (χ0n) is 9.39. The Morgan fingerprint density at radius 3 is 2.13 bits per heavy atom. The van der Waals surface area contributed by atoms with Crippen molar-refractivity contribution in [3.05, 3.63) is 29.8 Å². The summed E-state index contributed by atoms with van der Waals surface area (Å²) in [7, 11) is 0. The normalized spacial score (nSPS) is 11.7. The first-order valence-electron chi connectivity index (χ1n) is 5.51. The minimum Gasteiger partial charge on any atom is -0.140 e. The molecule has 15 heavy (non-hydrogen) atoms. The molecule has 0 aromatic heterocycles. The molecule has 0 aliphatic carbocycles. The molecule has 0 bridgehead atoms. The van der Waals surface area contributed by atoms with Gasteiger partial charge in [-0.25, -0.2) is 0 Å². The number of unbranched alkanes of at least 4 members (excludes halogenated alkanes) is 2. The molecule has 0 unspecified atom stereocenters. The summed E-state index contributed by atoms with van der Waals surface area (Å²) in [6, 6.07) is 8.46. The third-order valence-electron chi connectivity index (χ3n) is 2.53. The summed E-state index contributed by atoms with van der Waals surface area (Å²) in [5.74, 6) is 0. The van der Waals surface area contributed by atoms with Crippen LogP contribution in [0.5, 0.6) is 0 Å². The van der Waals surface area contributed by atoms with Crippen molar-refractivity contribution in [1.29, 1.82) is 0 Å². The van der Waals surface area contributed by atoms with Gasteiger partial charge in [-0.3, -0.25) is 0 Å². The number of halogens is 2. The van der Waals surface area contributed by atoms with E-state index in [-0.39, 0.29) is 0 Å². The van der Waals surface area contributed by atoms with Gasteiger partial charge >= 0.3 is 0 Å². The van der Waals surface area contributed by atoms with E-state index in [1.54, 1.807) is 0 Å².